The summed E-state index contributed by atoms with van der Waals surface area (Å²) in [6.45, 7) is 4.77. The lowest BCUT2D eigenvalue weighted by molar-refractivity contribution is 0.101. The molecule has 1 atom stereocenters. The van der Waals surface area contributed by atoms with Crippen molar-refractivity contribution in [2.45, 2.75) is 38.1 Å². The van der Waals surface area contributed by atoms with Gasteiger partial charge >= 0.3 is 0 Å². The van der Waals surface area contributed by atoms with Crippen molar-refractivity contribution >= 4 is 15.8 Å². The van der Waals surface area contributed by atoms with Gasteiger partial charge in [-0.25, -0.2) is 17.5 Å². The van der Waals surface area contributed by atoms with Crippen LogP contribution in [0.25, 0.3) is 0 Å². The molecule has 0 saturated carbocycles. The third-order valence-electron chi connectivity index (χ3n) is 2.60. The highest BCUT2D eigenvalue weighted by atomic mass is 32.2. The van der Waals surface area contributed by atoms with E-state index in [0.717, 1.165) is 18.2 Å². The summed E-state index contributed by atoms with van der Waals surface area (Å²) in [6.07, 6.45) is 0.639. The Morgan fingerprint density at radius 2 is 2.06 bits per heavy atom. The zero-order valence-corrected chi connectivity index (χ0v) is 11.3. The first-order valence-corrected chi connectivity index (χ1v) is 7.09. The Labute approximate surface area is 106 Å². The highest BCUT2D eigenvalue weighted by Crippen LogP contribution is 2.16. The normalized spacial score (nSPS) is 13.3. The van der Waals surface area contributed by atoms with Gasteiger partial charge in [0.2, 0.25) is 10.0 Å². The number of nitrogens with one attached hydrogen (secondary N) is 1. The van der Waals surface area contributed by atoms with Gasteiger partial charge in [-0.1, -0.05) is 6.92 Å². The molecule has 0 aliphatic carbocycles. The molecule has 6 heteroatoms. The van der Waals surface area contributed by atoms with Crippen LogP contribution < -0.4 is 4.72 Å². The Kier molecular flexibility index (Phi) is 4.59. The minimum absolute atomic E-state index is 0.102. The summed E-state index contributed by atoms with van der Waals surface area (Å²) in [5, 5.41) is 0. The van der Waals surface area contributed by atoms with Crippen LogP contribution in [0.1, 0.15) is 37.6 Å². The predicted molar refractivity (Wildman–Crippen MR) is 66.5 cm³/mol. The van der Waals surface area contributed by atoms with Crippen LogP contribution >= 0.6 is 0 Å². The molecular formula is C12H16FNO3S. The largest absolute Gasteiger partial charge is 0.294 e. The van der Waals surface area contributed by atoms with Gasteiger partial charge in [0.25, 0.3) is 0 Å². The molecule has 0 heterocycles. The molecular weight excluding hydrogens is 257 g/mol. The predicted octanol–water partition coefficient (Wildman–Crippen LogP) is 2.11. The van der Waals surface area contributed by atoms with Gasteiger partial charge in [-0.2, -0.15) is 0 Å². The zero-order chi connectivity index (χ0) is 13.9. The highest BCUT2D eigenvalue weighted by molar-refractivity contribution is 7.89. The number of hydrogen-bond acceptors (Lipinski definition) is 3. The molecule has 1 aromatic rings. The van der Waals surface area contributed by atoms with Crippen molar-refractivity contribution in [3.05, 3.63) is 29.6 Å². The lowest BCUT2D eigenvalue weighted by Gasteiger charge is -2.12. The van der Waals surface area contributed by atoms with Gasteiger partial charge in [-0.05, 0) is 38.5 Å². The van der Waals surface area contributed by atoms with Gasteiger partial charge in [-0.15, -0.1) is 0 Å². The standard InChI is InChI=1S/C12H16FNO3S/c1-4-8(2)14-18(16,17)10-5-6-12(13)11(7-10)9(3)15/h5-8,14H,4H2,1-3H3/t8-/m1/s1. The van der Waals surface area contributed by atoms with E-state index in [4.69, 9.17) is 0 Å². The Morgan fingerprint density at radius 1 is 1.44 bits per heavy atom. The second-order valence-corrected chi connectivity index (χ2v) is 5.84. The molecule has 0 bridgehead atoms. The molecule has 0 unspecified atom stereocenters. The van der Waals surface area contributed by atoms with Gasteiger partial charge in [0, 0.05) is 6.04 Å². The average Bonchev–Trinajstić information content (AvgIpc) is 2.28. The quantitative estimate of drug-likeness (QED) is 0.836. The van der Waals surface area contributed by atoms with Crippen molar-refractivity contribution < 1.29 is 17.6 Å². The van der Waals surface area contributed by atoms with Gasteiger partial charge in [0.1, 0.15) is 5.82 Å². The number of Topliss-reactive ketones (excluding diaryl/α,β-unsaturated/α-hetero) is 1. The number of ketones is 1. The number of rotatable bonds is 5. The van der Waals surface area contributed by atoms with Crippen molar-refractivity contribution in [3.8, 4) is 0 Å². The molecule has 0 amide bonds. The van der Waals surface area contributed by atoms with E-state index in [2.05, 4.69) is 4.72 Å². The van der Waals surface area contributed by atoms with E-state index in [1.807, 2.05) is 6.92 Å². The fourth-order valence-electron chi connectivity index (χ4n) is 1.36. The Hall–Kier alpha value is -1.27. The van der Waals surface area contributed by atoms with Crippen LogP contribution in [-0.2, 0) is 10.0 Å². The van der Waals surface area contributed by atoms with Crippen LogP contribution in [0.15, 0.2) is 23.1 Å². The SMILES string of the molecule is CC[C@@H](C)NS(=O)(=O)c1ccc(F)c(C(C)=O)c1. The molecule has 1 N–H and O–H groups in total. The summed E-state index contributed by atoms with van der Waals surface area (Å²) < 4.78 is 39.6. The lowest BCUT2D eigenvalue weighted by atomic mass is 10.1. The Balaban J connectivity index is 3.18. The third kappa shape index (κ3) is 3.36. The lowest BCUT2D eigenvalue weighted by Crippen LogP contribution is -2.32. The molecule has 4 nitrogen and oxygen atoms in total. The van der Waals surface area contributed by atoms with Gasteiger partial charge in [0.05, 0.1) is 10.5 Å². The van der Waals surface area contributed by atoms with E-state index in [1.165, 1.54) is 6.92 Å². The number of carbonyl (C=O) groups excluding carboxylic acids is 1. The molecule has 0 aliphatic rings. The maximum atomic E-state index is 13.3. The maximum Gasteiger partial charge on any atom is 0.240 e. The van der Waals surface area contributed by atoms with Crippen molar-refractivity contribution in [2.75, 3.05) is 0 Å². The molecule has 0 saturated heterocycles. The Morgan fingerprint density at radius 3 is 2.56 bits per heavy atom. The van der Waals surface area contributed by atoms with Gasteiger partial charge in [-0.3, -0.25) is 4.79 Å². The van der Waals surface area contributed by atoms with E-state index in [1.54, 1.807) is 6.92 Å². The molecule has 0 fully saturated rings. The number of benzene rings is 1. The molecule has 0 spiro atoms. The first kappa shape index (κ1) is 14.8. The topological polar surface area (TPSA) is 63.2 Å². The van der Waals surface area contributed by atoms with Gasteiger partial charge in [0.15, 0.2) is 5.78 Å². The summed E-state index contributed by atoms with van der Waals surface area (Å²) in [7, 11) is -3.71. The van der Waals surface area contributed by atoms with Crippen LogP contribution in [0.3, 0.4) is 0 Å². The van der Waals surface area contributed by atoms with Crippen LogP contribution in [0.2, 0.25) is 0 Å². The van der Waals surface area contributed by atoms with E-state index in [9.17, 15) is 17.6 Å². The van der Waals surface area contributed by atoms with E-state index >= 15 is 0 Å². The third-order valence-corrected chi connectivity index (χ3v) is 4.18. The summed E-state index contributed by atoms with van der Waals surface area (Å²) in [6, 6.07) is 2.97. The summed E-state index contributed by atoms with van der Waals surface area (Å²) in [5.41, 5.74) is -0.220. The van der Waals surface area contributed by atoms with Gasteiger partial charge < -0.3 is 0 Å². The van der Waals surface area contributed by atoms with Crippen molar-refractivity contribution in [3.63, 3.8) is 0 Å². The van der Waals surface area contributed by atoms with Crippen LogP contribution in [0.4, 0.5) is 4.39 Å². The highest BCUT2D eigenvalue weighted by Gasteiger charge is 2.19. The Bertz CT molecular complexity index is 554. The smallest absolute Gasteiger partial charge is 0.240 e. The fourth-order valence-corrected chi connectivity index (χ4v) is 2.71. The second-order valence-electron chi connectivity index (χ2n) is 4.13. The average molecular weight is 273 g/mol. The number of carbonyl (C=O) groups is 1. The number of sulfonamides is 1. The molecule has 0 aromatic heterocycles. The molecule has 100 valence electrons. The van der Waals surface area contributed by atoms with Crippen LogP contribution in [0.5, 0.6) is 0 Å². The number of hydrogen-bond donors (Lipinski definition) is 1. The first-order valence-electron chi connectivity index (χ1n) is 5.60. The summed E-state index contributed by atoms with van der Waals surface area (Å²) in [5.74, 6) is -1.22. The van der Waals surface area contributed by atoms with Crippen LogP contribution in [0, 0.1) is 5.82 Å². The summed E-state index contributed by atoms with van der Waals surface area (Å²) >= 11 is 0. The minimum atomic E-state index is -3.71. The minimum Gasteiger partial charge on any atom is -0.294 e. The number of halogens is 1. The van der Waals surface area contributed by atoms with E-state index in [-0.39, 0.29) is 16.5 Å². The van der Waals surface area contributed by atoms with Crippen molar-refractivity contribution in [1.29, 1.82) is 0 Å². The monoisotopic (exact) mass is 273 g/mol. The van der Waals surface area contributed by atoms with Crippen molar-refractivity contribution in [1.82, 2.24) is 4.72 Å². The zero-order valence-electron chi connectivity index (χ0n) is 10.5. The maximum absolute atomic E-state index is 13.3. The van der Waals surface area contributed by atoms with Crippen LogP contribution in [-0.4, -0.2) is 20.2 Å². The molecule has 1 aromatic carbocycles. The molecule has 18 heavy (non-hydrogen) atoms. The molecule has 1 rings (SSSR count). The fraction of sp³-hybridized carbons (Fsp3) is 0.417. The van der Waals surface area contributed by atoms with E-state index < -0.39 is 21.6 Å². The molecule has 0 aliphatic heterocycles. The molecule has 0 radical (unpaired) electrons. The first-order chi connectivity index (χ1) is 8.27. The summed E-state index contributed by atoms with van der Waals surface area (Å²) in [4.78, 5) is 11.1. The van der Waals surface area contributed by atoms with Crippen molar-refractivity contribution in [2.24, 2.45) is 0 Å². The second kappa shape index (κ2) is 5.58. The van der Waals surface area contributed by atoms with E-state index in [0.29, 0.717) is 6.42 Å².